The average Bonchev–Trinajstić information content (AvgIpc) is 2.14. The number of rotatable bonds is 2. The van der Waals surface area contributed by atoms with Gasteiger partial charge in [-0.2, -0.15) is 13.2 Å². The highest BCUT2D eigenvalue weighted by Crippen LogP contribution is 2.28. The molecule has 82 valence electrons. The van der Waals surface area contributed by atoms with Crippen LogP contribution in [0, 0.1) is 5.92 Å². The minimum absolute atomic E-state index is 0.356. The van der Waals surface area contributed by atoms with E-state index in [1.54, 1.807) is 6.08 Å². The Morgan fingerprint density at radius 3 is 2.33 bits per heavy atom. The molecule has 0 saturated carbocycles. The molecular formula is C11H12F3N. The lowest BCUT2D eigenvalue weighted by Crippen LogP contribution is -2.05. The number of allylic oxidation sites excluding steroid dienone is 1. The van der Waals surface area contributed by atoms with E-state index in [4.69, 9.17) is 0 Å². The van der Waals surface area contributed by atoms with Crippen molar-refractivity contribution < 1.29 is 13.2 Å². The Hall–Kier alpha value is -1.32. The molecule has 0 atom stereocenters. The van der Waals surface area contributed by atoms with Gasteiger partial charge in [-0.15, -0.1) is 0 Å². The summed E-state index contributed by atoms with van der Waals surface area (Å²) >= 11 is 0. The number of alkyl halides is 3. The van der Waals surface area contributed by atoms with E-state index < -0.39 is 11.7 Å². The molecule has 0 aliphatic carbocycles. The molecule has 0 aliphatic rings. The Bertz CT molecular complexity index is 336. The van der Waals surface area contributed by atoms with Gasteiger partial charge in [0.2, 0.25) is 0 Å². The number of halogens is 3. The molecule has 15 heavy (non-hydrogen) atoms. The van der Waals surface area contributed by atoms with Gasteiger partial charge in [-0.25, -0.2) is 0 Å². The molecule has 0 spiro atoms. The van der Waals surface area contributed by atoms with Crippen molar-refractivity contribution in [3.05, 3.63) is 35.7 Å². The van der Waals surface area contributed by atoms with Crippen LogP contribution in [-0.2, 0) is 6.18 Å². The summed E-state index contributed by atoms with van der Waals surface area (Å²) in [6, 6.07) is 2.40. The van der Waals surface area contributed by atoms with Crippen LogP contribution in [0.3, 0.4) is 0 Å². The first-order valence-electron chi connectivity index (χ1n) is 4.61. The third-order valence-electron chi connectivity index (χ3n) is 1.77. The summed E-state index contributed by atoms with van der Waals surface area (Å²) in [5, 5.41) is 0. The molecule has 1 aromatic heterocycles. The largest absolute Gasteiger partial charge is 0.417 e. The van der Waals surface area contributed by atoms with Crippen molar-refractivity contribution in [2.24, 2.45) is 5.92 Å². The summed E-state index contributed by atoms with van der Waals surface area (Å²) in [7, 11) is 0. The summed E-state index contributed by atoms with van der Waals surface area (Å²) in [5.41, 5.74) is -0.180. The quantitative estimate of drug-likeness (QED) is 0.731. The van der Waals surface area contributed by atoms with Crippen LogP contribution < -0.4 is 0 Å². The van der Waals surface area contributed by atoms with Crippen LogP contribution in [0.2, 0.25) is 0 Å². The second-order valence-electron chi connectivity index (χ2n) is 3.57. The van der Waals surface area contributed by atoms with Gasteiger partial charge in [0.05, 0.1) is 11.3 Å². The predicted octanol–water partition coefficient (Wildman–Crippen LogP) is 3.77. The third-order valence-corrected chi connectivity index (χ3v) is 1.77. The standard InChI is InChI=1S/C11H12F3N/c1-8(2)3-5-10-6-4-9(7-15-10)11(12,13)14/h3-8H,1-2H3/b5-3+. The lowest BCUT2D eigenvalue weighted by atomic mass is 10.2. The molecule has 1 heterocycles. The molecule has 4 heteroatoms. The van der Waals surface area contributed by atoms with Crippen molar-refractivity contribution in [3.8, 4) is 0 Å². The molecule has 0 aliphatic heterocycles. The second-order valence-corrected chi connectivity index (χ2v) is 3.57. The Kier molecular flexibility index (Phi) is 3.50. The van der Waals surface area contributed by atoms with E-state index in [1.807, 2.05) is 19.9 Å². The normalized spacial score (nSPS) is 12.7. The molecule has 0 unspecified atom stereocenters. The van der Waals surface area contributed by atoms with E-state index in [9.17, 15) is 13.2 Å². The molecule has 0 radical (unpaired) electrons. The fourth-order valence-corrected chi connectivity index (χ4v) is 0.963. The minimum atomic E-state index is -4.31. The maximum Gasteiger partial charge on any atom is 0.417 e. The van der Waals surface area contributed by atoms with Crippen LogP contribution in [-0.4, -0.2) is 4.98 Å². The van der Waals surface area contributed by atoms with Crippen molar-refractivity contribution >= 4 is 6.08 Å². The highest BCUT2D eigenvalue weighted by atomic mass is 19.4. The van der Waals surface area contributed by atoms with E-state index in [2.05, 4.69) is 4.98 Å². The van der Waals surface area contributed by atoms with E-state index in [-0.39, 0.29) is 0 Å². The lowest BCUT2D eigenvalue weighted by Gasteiger charge is -2.05. The molecular weight excluding hydrogens is 203 g/mol. The van der Waals surface area contributed by atoms with Gasteiger partial charge in [0.15, 0.2) is 0 Å². The first-order valence-corrected chi connectivity index (χ1v) is 4.61. The fraction of sp³-hybridized carbons (Fsp3) is 0.364. The molecule has 1 nitrogen and oxygen atoms in total. The Balaban J connectivity index is 2.82. The Morgan fingerprint density at radius 2 is 1.93 bits per heavy atom. The van der Waals surface area contributed by atoms with Crippen LogP contribution in [0.25, 0.3) is 6.08 Å². The van der Waals surface area contributed by atoms with Crippen molar-refractivity contribution in [2.75, 3.05) is 0 Å². The highest BCUT2D eigenvalue weighted by Gasteiger charge is 2.30. The number of hydrogen-bond acceptors (Lipinski definition) is 1. The van der Waals surface area contributed by atoms with Gasteiger partial charge in [0, 0.05) is 6.20 Å². The molecule has 0 amide bonds. The molecule has 0 bridgehead atoms. The molecule has 1 rings (SSSR count). The topological polar surface area (TPSA) is 12.9 Å². The van der Waals surface area contributed by atoms with Gasteiger partial charge in [0.25, 0.3) is 0 Å². The second kappa shape index (κ2) is 4.47. The fourth-order valence-electron chi connectivity index (χ4n) is 0.963. The first kappa shape index (κ1) is 11.8. The van der Waals surface area contributed by atoms with E-state index in [0.717, 1.165) is 12.3 Å². The highest BCUT2D eigenvalue weighted by molar-refractivity contribution is 5.44. The smallest absolute Gasteiger partial charge is 0.256 e. The van der Waals surface area contributed by atoms with Crippen molar-refractivity contribution in [3.63, 3.8) is 0 Å². The average molecular weight is 215 g/mol. The molecule has 1 aromatic rings. The van der Waals surface area contributed by atoms with Gasteiger partial charge in [0.1, 0.15) is 0 Å². The monoisotopic (exact) mass is 215 g/mol. The van der Waals surface area contributed by atoms with Gasteiger partial charge >= 0.3 is 6.18 Å². The summed E-state index contributed by atoms with van der Waals surface area (Å²) in [6.07, 6.45) is 0.133. The van der Waals surface area contributed by atoms with Gasteiger partial charge in [-0.05, 0) is 24.1 Å². The maximum atomic E-state index is 12.2. The predicted molar refractivity (Wildman–Crippen MR) is 53.1 cm³/mol. The summed E-state index contributed by atoms with van der Waals surface area (Å²) < 4.78 is 36.5. The van der Waals surface area contributed by atoms with Crippen molar-refractivity contribution in [2.45, 2.75) is 20.0 Å². The SMILES string of the molecule is CC(C)/C=C/c1ccc(C(F)(F)F)cn1. The minimum Gasteiger partial charge on any atom is -0.256 e. The number of hydrogen-bond donors (Lipinski definition) is 0. The van der Waals surface area contributed by atoms with E-state index >= 15 is 0 Å². The van der Waals surface area contributed by atoms with Crippen LogP contribution in [0.4, 0.5) is 13.2 Å². The van der Waals surface area contributed by atoms with Crippen LogP contribution in [0.1, 0.15) is 25.1 Å². The van der Waals surface area contributed by atoms with Crippen molar-refractivity contribution in [1.29, 1.82) is 0 Å². The lowest BCUT2D eigenvalue weighted by molar-refractivity contribution is -0.137. The molecule has 0 fully saturated rings. The maximum absolute atomic E-state index is 12.2. The number of aromatic nitrogens is 1. The Labute approximate surface area is 86.6 Å². The molecule has 0 aromatic carbocycles. The zero-order chi connectivity index (χ0) is 11.5. The Morgan fingerprint density at radius 1 is 1.27 bits per heavy atom. The van der Waals surface area contributed by atoms with E-state index in [0.29, 0.717) is 11.6 Å². The van der Waals surface area contributed by atoms with Crippen LogP contribution in [0.5, 0.6) is 0 Å². The summed E-state index contributed by atoms with van der Waals surface area (Å²) in [5.74, 6) is 0.356. The van der Waals surface area contributed by atoms with Crippen molar-refractivity contribution in [1.82, 2.24) is 4.98 Å². The summed E-state index contributed by atoms with van der Waals surface area (Å²) in [4.78, 5) is 3.71. The zero-order valence-corrected chi connectivity index (χ0v) is 8.55. The van der Waals surface area contributed by atoms with E-state index in [1.165, 1.54) is 6.07 Å². The molecule has 0 saturated heterocycles. The van der Waals surface area contributed by atoms with Crippen LogP contribution in [0.15, 0.2) is 24.4 Å². The molecule has 0 N–H and O–H groups in total. The number of nitrogens with zero attached hydrogens (tertiary/aromatic N) is 1. The van der Waals surface area contributed by atoms with Gasteiger partial charge < -0.3 is 0 Å². The number of pyridine rings is 1. The van der Waals surface area contributed by atoms with Crippen LogP contribution >= 0.6 is 0 Å². The summed E-state index contributed by atoms with van der Waals surface area (Å²) in [6.45, 7) is 3.97. The first-order chi connectivity index (χ1) is 6.89. The van der Waals surface area contributed by atoms with Gasteiger partial charge in [-0.3, -0.25) is 4.98 Å². The third kappa shape index (κ3) is 3.73. The van der Waals surface area contributed by atoms with Gasteiger partial charge in [-0.1, -0.05) is 19.9 Å². The zero-order valence-electron chi connectivity index (χ0n) is 8.55.